The second-order valence-corrected chi connectivity index (χ2v) is 13.7. The number of anilines is 1. The lowest BCUT2D eigenvalue weighted by Crippen LogP contribution is -2.56. The number of hydrogen-bond donors (Lipinski definition) is 1. The lowest BCUT2D eigenvalue weighted by atomic mass is 9.90. The van der Waals surface area contributed by atoms with E-state index in [-0.39, 0.29) is 47.4 Å². The third kappa shape index (κ3) is 4.84. The van der Waals surface area contributed by atoms with Crippen LogP contribution in [0, 0.1) is 24.0 Å². The highest BCUT2D eigenvalue weighted by atomic mass is 19.1. The van der Waals surface area contributed by atoms with Gasteiger partial charge >= 0.3 is 6.01 Å². The molecule has 47 heavy (non-hydrogen) atoms. The number of nitrogens with zero attached hydrogens (tertiary/aromatic N) is 5. The smallest absolute Gasteiger partial charge is 0.319 e. The number of fused-ring (bicyclic) bond motifs is 4. The quantitative estimate of drug-likeness (QED) is 0.241. The van der Waals surface area contributed by atoms with Crippen LogP contribution in [0.5, 0.6) is 6.01 Å². The molecule has 3 fully saturated rings. The minimum absolute atomic E-state index is 0.00525. The van der Waals surface area contributed by atoms with Gasteiger partial charge in [0.15, 0.2) is 5.82 Å². The van der Waals surface area contributed by atoms with Crippen LogP contribution < -0.4 is 15.0 Å². The number of hydrogen-bond acceptors (Lipinski definition) is 7. The van der Waals surface area contributed by atoms with E-state index < -0.39 is 23.3 Å². The Morgan fingerprint density at radius 2 is 1.96 bits per heavy atom. The molecule has 4 aliphatic heterocycles. The topological polar surface area (TPSA) is 66.4 Å². The summed E-state index contributed by atoms with van der Waals surface area (Å²) >= 11 is 0. The van der Waals surface area contributed by atoms with Gasteiger partial charge in [-0.2, -0.15) is 9.97 Å². The maximum absolute atomic E-state index is 17.2. The van der Waals surface area contributed by atoms with Gasteiger partial charge in [-0.1, -0.05) is 44.0 Å². The van der Waals surface area contributed by atoms with E-state index in [9.17, 15) is 4.39 Å². The predicted molar refractivity (Wildman–Crippen MR) is 178 cm³/mol. The standard InChI is InChI=1S/C37H39F3N6O/c1-4-21-15-25-17-41-24(5-2)19-46(25)35-30-32(21)42-33(27-10-7-9-22-11-12-28(39)26(6-3)29(22)27)31(40)34(30)43-36(44-35)47-20-37-13-8-14-45(37)18-23(38)16-37/h3,7,9-12,21,23-25,41H,4-5,8,13-20H2,1-2H3/t21-,23+,24+,25+,37-/m0/s1. The van der Waals surface area contributed by atoms with Crippen molar-refractivity contribution in [3.8, 4) is 29.6 Å². The van der Waals surface area contributed by atoms with Gasteiger partial charge < -0.3 is 15.0 Å². The van der Waals surface area contributed by atoms with Crippen LogP contribution in [-0.2, 0) is 0 Å². The molecule has 2 aromatic heterocycles. The summed E-state index contributed by atoms with van der Waals surface area (Å²) in [5.41, 5.74) is 1.02. The fourth-order valence-corrected chi connectivity index (χ4v) is 8.65. The molecule has 0 saturated carbocycles. The summed E-state index contributed by atoms with van der Waals surface area (Å²) < 4.78 is 53.2. The van der Waals surface area contributed by atoms with Crippen LogP contribution in [0.4, 0.5) is 19.0 Å². The van der Waals surface area contributed by atoms with Crippen LogP contribution in [0.3, 0.4) is 0 Å². The van der Waals surface area contributed by atoms with Crippen LogP contribution in [0.2, 0.25) is 0 Å². The van der Waals surface area contributed by atoms with Crippen molar-refractivity contribution < 1.29 is 17.9 Å². The number of aromatic nitrogens is 3. The summed E-state index contributed by atoms with van der Waals surface area (Å²) in [7, 11) is 0. The Morgan fingerprint density at radius 3 is 2.77 bits per heavy atom. The SMILES string of the molecule is C#Cc1c(F)ccc2cccc(-c3nc4c5c(nc(OC[C@@]67CCCN6C[C@H](F)C7)nc5c3F)N3C[C@@H](CC)NC[C@H]3C[C@@H]4CC)c12. The van der Waals surface area contributed by atoms with E-state index in [1.54, 1.807) is 18.2 Å². The van der Waals surface area contributed by atoms with Gasteiger partial charge in [0.25, 0.3) is 0 Å². The highest BCUT2D eigenvalue weighted by Gasteiger charge is 2.49. The summed E-state index contributed by atoms with van der Waals surface area (Å²) in [5.74, 6) is 1.95. The van der Waals surface area contributed by atoms with E-state index in [0.29, 0.717) is 47.1 Å². The second kappa shape index (κ2) is 11.6. The van der Waals surface area contributed by atoms with E-state index in [4.69, 9.17) is 26.1 Å². The third-order valence-corrected chi connectivity index (χ3v) is 11.1. The minimum atomic E-state index is -0.897. The fraction of sp³-hybridized carbons (Fsp3) is 0.486. The molecule has 8 rings (SSSR count). The zero-order chi connectivity index (χ0) is 32.4. The molecule has 0 radical (unpaired) electrons. The first-order chi connectivity index (χ1) is 22.8. The van der Waals surface area contributed by atoms with Crippen molar-refractivity contribution in [1.29, 1.82) is 0 Å². The molecular weight excluding hydrogens is 601 g/mol. The fourth-order valence-electron chi connectivity index (χ4n) is 8.65. The summed E-state index contributed by atoms with van der Waals surface area (Å²) in [6, 6.07) is 8.80. The third-order valence-electron chi connectivity index (χ3n) is 11.1. The van der Waals surface area contributed by atoms with Crippen molar-refractivity contribution in [2.24, 2.45) is 0 Å². The predicted octanol–water partition coefficient (Wildman–Crippen LogP) is 6.51. The number of benzene rings is 2. The normalized spacial score (nSPS) is 27.1. The molecule has 4 aliphatic rings. The summed E-state index contributed by atoms with van der Waals surface area (Å²) in [4.78, 5) is 19.3. The van der Waals surface area contributed by atoms with Crippen molar-refractivity contribution in [2.45, 2.75) is 82.1 Å². The number of nitrogens with one attached hydrogen (secondary N) is 1. The number of piperazine rings is 1. The van der Waals surface area contributed by atoms with Gasteiger partial charge in [0.2, 0.25) is 0 Å². The first-order valence-corrected chi connectivity index (χ1v) is 16.9. The van der Waals surface area contributed by atoms with E-state index in [1.165, 1.54) is 6.07 Å². The van der Waals surface area contributed by atoms with E-state index >= 15 is 8.78 Å². The Kier molecular flexibility index (Phi) is 7.53. The molecule has 0 aliphatic carbocycles. The highest BCUT2D eigenvalue weighted by Crippen LogP contribution is 2.45. The number of ether oxygens (including phenoxy) is 1. The van der Waals surface area contributed by atoms with Crippen LogP contribution in [0.15, 0.2) is 30.3 Å². The van der Waals surface area contributed by atoms with Gasteiger partial charge in [-0.15, -0.1) is 6.42 Å². The lowest BCUT2D eigenvalue weighted by Gasteiger charge is -2.41. The van der Waals surface area contributed by atoms with E-state index in [2.05, 4.69) is 34.9 Å². The van der Waals surface area contributed by atoms with Crippen molar-refractivity contribution in [3.05, 3.63) is 53.2 Å². The molecule has 0 spiro atoms. The molecule has 5 atom stereocenters. The van der Waals surface area contributed by atoms with Gasteiger partial charge in [0, 0.05) is 55.0 Å². The molecule has 3 saturated heterocycles. The summed E-state index contributed by atoms with van der Waals surface area (Å²) in [5, 5.41) is 5.42. The Hall–Kier alpha value is -3.94. The molecule has 2 aromatic carbocycles. The lowest BCUT2D eigenvalue weighted by molar-refractivity contribution is 0.107. The molecule has 0 unspecified atom stereocenters. The van der Waals surface area contributed by atoms with E-state index in [0.717, 1.165) is 50.9 Å². The zero-order valence-corrected chi connectivity index (χ0v) is 26.8. The van der Waals surface area contributed by atoms with E-state index in [1.807, 2.05) is 6.07 Å². The van der Waals surface area contributed by atoms with Crippen molar-refractivity contribution in [1.82, 2.24) is 25.2 Å². The van der Waals surface area contributed by atoms with Crippen molar-refractivity contribution >= 4 is 27.5 Å². The Morgan fingerprint density at radius 1 is 1.09 bits per heavy atom. The molecule has 10 heteroatoms. The van der Waals surface area contributed by atoms with Crippen LogP contribution in [-0.4, -0.2) is 76.4 Å². The average molecular weight is 641 g/mol. The Balaban J connectivity index is 1.35. The van der Waals surface area contributed by atoms with Gasteiger partial charge in [0.1, 0.15) is 35.6 Å². The minimum Gasteiger partial charge on any atom is -0.461 e. The maximum Gasteiger partial charge on any atom is 0.319 e. The Bertz CT molecular complexity index is 1930. The maximum atomic E-state index is 17.2. The van der Waals surface area contributed by atoms with Gasteiger partial charge in [-0.3, -0.25) is 4.90 Å². The van der Waals surface area contributed by atoms with Crippen molar-refractivity contribution in [3.63, 3.8) is 0 Å². The molecule has 0 amide bonds. The molecule has 1 N–H and O–H groups in total. The number of rotatable bonds is 6. The summed E-state index contributed by atoms with van der Waals surface area (Å²) in [6.07, 6.45) is 9.66. The number of pyridine rings is 1. The van der Waals surface area contributed by atoms with Gasteiger partial charge in [-0.05, 0) is 50.1 Å². The largest absolute Gasteiger partial charge is 0.461 e. The molecular formula is C37H39F3N6O. The number of halogens is 3. The number of terminal acetylenes is 1. The molecule has 0 bridgehead atoms. The van der Waals surface area contributed by atoms with Gasteiger partial charge in [0.05, 0.1) is 22.2 Å². The van der Waals surface area contributed by atoms with Crippen LogP contribution in [0.1, 0.15) is 69.5 Å². The highest BCUT2D eigenvalue weighted by molar-refractivity contribution is 6.03. The Labute approximate surface area is 272 Å². The first kappa shape index (κ1) is 30.4. The van der Waals surface area contributed by atoms with Crippen molar-refractivity contribution in [2.75, 3.05) is 37.7 Å². The number of alkyl halides is 1. The average Bonchev–Trinajstić information content (AvgIpc) is 3.57. The zero-order valence-electron chi connectivity index (χ0n) is 26.8. The first-order valence-electron chi connectivity index (χ1n) is 16.9. The van der Waals surface area contributed by atoms with Gasteiger partial charge in [-0.25, -0.2) is 18.2 Å². The molecule has 244 valence electrons. The van der Waals surface area contributed by atoms with Crippen LogP contribution >= 0.6 is 0 Å². The molecule has 4 aromatic rings. The molecule has 7 nitrogen and oxygen atoms in total. The second-order valence-electron chi connectivity index (χ2n) is 13.7. The molecule has 6 heterocycles. The van der Waals surface area contributed by atoms with Crippen LogP contribution in [0.25, 0.3) is 32.9 Å². The monoisotopic (exact) mass is 640 g/mol. The summed E-state index contributed by atoms with van der Waals surface area (Å²) in [6.45, 7) is 7.23.